The van der Waals surface area contributed by atoms with E-state index in [1.54, 1.807) is 6.07 Å². The second-order valence-electron chi connectivity index (χ2n) is 1.80. The molecule has 0 aliphatic rings. The molecule has 0 fully saturated rings. The Balaban J connectivity index is 3.03. The highest BCUT2D eigenvalue weighted by Gasteiger charge is 2.10. The number of hydrogen-bond acceptors (Lipinski definition) is 4. The van der Waals surface area contributed by atoms with E-state index in [4.69, 9.17) is 11.6 Å². The highest BCUT2D eigenvalue weighted by atomic mass is 79.9. The monoisotopic (exact) mass is 235 g/mol. The lowest BCUT2D eigenvalue weighted by Crippen LogP contribution is -2.30. The summed E-state index contributed by atoms with van der Waals surface area (Å²) in [5.41, 5.74) is 7.90. The molecule has 0 spiro atoms. The van der Waals surface area contributed by atoms with Crippen LogP contribution in [0.4, 0.5) is 5.00 Å². The number of hydrazine groups is 1. The molecule has 0 atom stereocenters. The van der Waals surface area contributed by atoms with Gasteiger partial charge in [0.15, 0.2) is 0 Å². The Morgan fingerprint density at radius 2 is 2.36 bits per heavy atom. The smallest absolute Gasteiger partial charge is 0.268 e. The van der Waals surface area contributed by atoms with Crippen LogP contribution in [0, 0.1) is 0 Å². The summed E-state index contributed by atoms with van der Waals surface area (Å²) in [6.45, 7) is 0. The zero-order chi connectivity index (χ0) is 8.43. The first kappa shape index (κ1) is 8.51. The normalized spacial score (nSPS) is 9.64. The second-order valence-corrected chi connectivity index (χ2v) is 4.26. The fourth-order valence-corrected chi connectivity index (χ4v) is 2.03. The molecule has 0 aliphatic carbocycles. The van der Waals surface area contributed by atoms with Gasteiger partial charge in [0, 0.05) is 0 Å². The van der Waals surface area contributed by atoms with Crippen molar-refractivity contribution in [3.8, 4) is 0 Å². The van der Waals surface area contributed by atoms with Crippen molar-refractivity contribution < 1.29 is 4.79 Å². The molecule has 5 N–H and O–H groups in total. The number of nitrogens with two attached hydrogens (primary N) is 2. The van der Waals surface area contributed by atoms with E-state index in [-0.39, 0.29) is 5.91 Å². The number of carbonyl (C=O) groups is 1. The Kier molecular flexibility index (Phi) is 2.48. The van der Waals surface area contributed by atoms with E-state index in [0.717, 1.165) is 3.79 Å². The van der Waals surface area contributed by atoms with Gasteiger partial charge in [-0.15, -0.1) is 11.3 Å². The standard InChI is InChI=1S/C5H6BrN3OS/c6-3-1-2(4(7)11-3)5(10)9-8/h1H,7-8H2,(H,9,10). The third kappa shape index (κ3) is 1.70. The van der Waals surface area contributed by atoms with Gasteiger partial charge in [0.05, 0.1) is 14.4 Å². The van der Waals surface area contributed by atoms with Gasteiger partial charge >= 0.3 is 0 Å². The number of amides is 1. The predicted molar refractivity (Wildman–Crippen MR) is 48.1 cm³/mol. The van der Waals surface area contributed by atoms with Gasteiger partial charge in [0.2, 0.25) is 0 Å². The topological polar surface area (TPSA) is 81.1 Å². The largest absolute Gasteiger partial charge is 0.390 e. The average molecular weight is 236 g/mol. The van der Waals surface area contributed by atoms with Crippen LogP contribution in [0.1, 0.15) is 10.4 Å². The van der Waals surface area contributed by atoms with Gasteiger partial charge in [-0.25, -0.2) is 5.84 Å². The van der Waals surface area contributed by atoms with Crippen LogP contribution < -0.4 is 17.0 Å². The van der Waals surface area contributed by atoms with Gasteiger partial charge in [-0.2, -0.15) is 0 Å². The SMILES string of the molecule is NNC(=O)c1cc(Br)sc1N. The Morgan fingerprint density at radius 1 is 1.73 bits per heavy atom. The minimum absolute atomic E-state index is 0.371. The highest BCUT2D eigenvalue weighted by molar-refractivity contribution is 9.11. The molecule has 1 aromatic rings. The molecule has 0 saturated carbocycles. The number of thiophene rings is 1. The third-order valence-corrected chi connectivity index (χ3v) is 2.57. The number of halogens is 1. The Labute approximate surface area is 75.7 Å². The predicted octanol–water partition coefficient (Wildman–Crippen LogP) is 0.696. The maximum Gasteiger partial charge on any atom is 0.268 e. The lowest BCUT2D eigenvalue weighted by atomic mass is 10.3. The summed E-state index contributed by atoms with van der Waals surface area (Å²) in [5, 5.41) is 0.458. The zero-order valence-corrected chi connectivity index (χ0v) is 7.83. The van der Waals surface area contributed by atoms with Crippen LogP contribution >= 0.6 is 27.3 Å². The number of anilines is 1. The Bertz CT molecular complexity index is 285. The van der Waals surface area contributed by atoms with Gasteiger partial charge in [-0.3, -0.25) is 10.2 Å². The molecule has 1 amide bonds. The van der Waals surface area contributed by atoms with Crippen LogP contribution in [0.5, 0.6) is 0 Å². The van der Waals surface area contributed by atoms with E-state index in [9.17, 15) is 4.79 Å². The minimum atomic E-state index is -0.371. The third-order valence-electron chi connectivity index (χ3n) is 1.11. The first-order valence-electron chi connectivity index (χ1n) is 2.71. The van der Waals surface area contributed by atoms with Crippen molar-refractivity contribution >= 4 is 38.2 Å². The van der Waals surface area contributed by atoms with E-state index < -0.39 is 0 Å². The minimum Gasteiger partial charge on any atom is -0.390 e. The van der Waals surface area contributed by atoms with Crippen LogP contribution in [0.3, 0.4) is 0 Å². The summed E-state index contributed by atoms with van der Waals surface area (Å²) in [4.78, 5) is 10.9. The van der Waals surface area contributed by atoms with Crippen molar-refractivity contribution in [2.75, 3.05) is 5.73 Å². The van der Waals surface area contributed by atoms with E-state index in [1.807, 2.05) is 5.43 Å². The molecule has 11 heavy (non-hydrogen) atoms. The second kappa shape index (κ2) is 3.21. The lowest BCUT2D eigenvalue weighted by Gasteiger charge is -1.94. The molecule has 0 saturated heterocycles. The number of rotatable bonds is 1. The van der Waals surface area contributed by atoms with Gasteiger partial charge in [0.25, 0.3) is 5.91 Å². The van der Waals surface area contributed by atoms with Crippen molar-refractivity contribution in [1.82, 2.24) is 5.43 Å². The van der Waals surface area contributed by atoms with Crippen molar-refractivity contribution in [2.24, 2.45) is 5.84 Å². The summed E-state index contributed by atoms with van der Waals surface area (Å²) >= 11 is 4.49. The van der Waals surface area contributed by atoms with Crippen LogP contribution in [0.25, 0.3) is 0 Å². The van der Waals surface area contributed by atoms with Crippen molar-refractivity contribution in [3.05, 3.63) is 15.4 Å². The van der Waals surface area contributed by atoms with Gasteiger partial charge < -0.3 is 5.73 Å². The molecule has 0 unspecified atom stereocenters. The van der Waals surface area contributed by atoms with E-state index in [1.165, 1.54) is 11.3 Å². The molecule has 0 aliphatic heterocycles. The molecule has 60 valence electrons. The molecule has 1 rings (SSSR count). The summed E-state index contributed by atoms with van der Waals surface area (Å²) in [7, 11) is 0. The summed E-state index contributed by atoms with van der Waals surface area (Å²) in [5.74, 6) is 4.55. The highest BCUT2D eigenvalue weighted by Crippen LogP contribution is 2.28. The quantitative estimate of drug-likeness (QED) is 0.381. The van der Waals surface area contributed by atoms with Crippen LogP contribution in [-0.2, 0) is 0 Å². The molecule has 1 aromatic heterocycles. The molecule has 6 heteroatoms. The summed E-state index contributed by atoms with van der Waals surface area (Å²) in [6.07, 6.45) is 0. The Morgan fingerprint density at radius 3 is 2.73 bits per heavy atom. The van der Waals surface area contributed by atoms with Crippen LogP contribution in [-0.4, -0.2) is 5.91 Å². The van der Waals surface area contributed by atoms with Gasteiger partial charge in [-0.05, 0) is 22.0 Å². The van der Waals surface area contributed by atoms with E-state index >= 15 is 0 Å². The van der Waals surface area contributed by atoms with Crippen LogP contribution in [0.15, 0.2) is 9.85 Å². The molecule has 0 aromatic carbocycles. The maximum absolute atomic E-state index is 10.9. The van der Waals surface area contributed by atoms with Gasteiger partial charge in [-0.1, -0.05) is 0 Å². The first-order valence-corrected chi connectivity index (χ1v) is 4.32. The number of nitrogens with one attached hydrogen (secondary N) is 1. The number of nitrogen functional groups attached to an aromatic ring is 2. The zero-order valence-electron chi connectivity index (χ0n) is 5.43. The van der Waals surface area contributed by atoms with Crippen molar-refractivity contribution in [1.29, 1.82) is 0 Å². The van der Waals surface area contributed by atoms with Gasteiger partial charge in [0.1, 0.15) is 0 Å². The summed E-state index contributed by atoms with van der Waals surface area (Å²) in [6, 6.07) is 1.63. The summed E-state index contributed by atoms with van der Waals surface area (Å²) < 4.78 is 0.814. The molecule has 1 heterocycles. The molecular formula is C5H6BrN3OS. The maximum atomic E-state index is 10.9. The van der Waals surface area contributed by atoms with E-state index in [0.29, 0.717) is 10.6 Å². The number of carbonyl (C=O) groups excluding carboxylic acids is 1. The molecule has 0 radical (unpaired) electrons. The fraction of sp³-hybridized carbons (Fsp3) is 0. The number of hydrogen-bond donors (Lipinski definition) is 3. The molecule has 0 bridgehead atoms. The first-order chi connectivity index (χ1) is 5.15. The lowest BCUT2D eigenvalue weighted by molar-refractivity contribution is 0.0955. The van der Waals surface area contributed by atoms with Crippen molar-refractivity contribution in [2.45, 2.75) is 0 Å². The molecule has 4 nitrogen and oxygen atoms in total. The Hall–Kier alpha value is -0.590. The van der Waals surface area contributed by atoms with Crippen molar-refractivity contribution in [3.63, 3.8) is 0 Å². The fourth-order valence-electron chi connectivity index (χ4n) is 0.629. The van der Waals surface area contributed by atoms with E-state index in [2.05, 4.69) is 15.9 Å². The molecular weight excluding hydrogens is 230 g/mol. The van der Waals surface area contributed by atoms with Crippen LogP contribution in [0.2, 0.25) is 0 Å². The average Bonchev–Trinajstić information content (AvgIpc) is 2.28.